The maximum atomic E-state index is 13.8. The minimum atomic E-state index is -1.43. The molecule has 0 aliphatic carbocycles. The maximum absolute atomic E-state index is 13.8. The third kappa shape index (κ3) is 5.98. The molecule has 0 fully saturated rings. The number of ether oxygens (including phenoxy) is 1. The molecule has 1 unspecified atom stereocenters. The quantitative estimate of drug-likeness (QED) is 0.290. The Labute approximate surface area is 234 Å². The number of anilines is 1. The van der Waals surface area contributed by atoms with Gasteiger partial charge in [-0.1, -0.05) is 67.4 Å². The molecule has 0 saturated heterocycles. The summed E-state index contributed by atoms with van der Waals surface area (Å²) in [6.45, 7) is 5.45. The fraction of sp³-hybridized carbons (Fsp3) is 0.333. The molecule has 0 bridgehead atoms. The Kier molecular flexibility index (Phi) is 8.66. The zero-order valence-electron chi connectivity index (χ0n) is 22.1. The Morgan fingerprint density at radius 2 is 1.79 bits per heavy atom. The van der Waals surface area contributed by atoms with E-state index in [1.165, 1.54) is 0 Å². The molecular weight excluding hydrogens is 521 g/mol. The summed E-state index contributed by atoms with van der Waals surface area (Å²) in [4.78, 5) is 29.2. The van der Waals surface area contributed by atoms with Crippen molar-refractivity contribution in [1.29, 1.82) is 0 Å². The van der Waals surface area contributed by atoms with E-state index in [2.05, 4.69) is 15.5 Å². The van der Waals surface area contributed by atoms with Crippen molar-refractivity contribution in [3.63, 3.8) is 0 Å². The number of para-hydroxylation sites is 1. The zero-order valence-corrected chi connectivity index (χ0v) is 23.6. The van der Waals surface area contributed by atoms with Crippen molar-refractivity contribution in [3.05, 3.63) is 93.0 Å². The van der Waals surface area contributed by atoms with Crippen molar-refractivity contribution >= 4 is 40.7 Å². The van der Waals surface area contributed by atoms with Gasteiger partial charge in [-0.05, 0) is 74.4 Å². The van der Waals surface area contributed by atoms with E-state index in [1.807, 2.05) is 58.3 Å². The number of rotatable bonds is 10. The second-order valence-electron chi connectivity index (χ2n) is 10.2. The van der Waals surface area contributed by atoms with E-state index in [4.69, 9.17) is 27.9 Å². The monoisotopic (exact) mass is 553 g/mol. The summed E-state index contributed by atoms with van der Waals surface area (Å²) in [5.41, 5.74) is 1.86. The molecule has 4 rings (SSSR count). The summed E-state index contributed by atoms with van der Waals surface area (Å²) in [6, 6.07) is 18.1. The van der Waals surface area contributed by atoms with Crippen molar-refractivity contribution < 1.29 is 14.3 Å². The van der Waals surface area contributed by atoms with Crippen LogP contribution in [0.5, 0.6) is 5.75 Å². The van der Waals surface area contributed by atoms with E-state index in [-0.39, 0.29) is 24.2 Å². The van der Waals surface area contributed by atoms with Crippen LogP contribution in [-0.2, 0) is 16.8 Å². The lowest BCUT2D eigenvalue weighted by Gasteiger charge is -2.31. The highest BCUT2D eigenvalue weighted by Gasteiger charge is 2.50. The van der Waals surface area contributed by atoms with Crippen LogP contribution in [0.3, 0.4) is 0 Å². The number of carbonyl (C=O) groups is 2. The second-order valence-corrected chi connectivity index (χ2v) is 11.0. The summed E-state index contributed by atoms with van der Waals surface area (Å²) < 4.78 is 6.81. The fourth-order valence-corrected chi connectivity index (χ4v) is 5.12. The van der Waals surface area contributed by atoms with Gasteiger partial charge in [-0.3, -0.25) is 9.59 Å². The first-order chi connectivity index (χ1) is 18.1. The molecule has 8 heteroatoms. The van der Waals surface area contributed by atoms with Gasteiger partial charge in [-0.25, -0.2) is 0 Å². The third-order valence-corrected chi connectivity index (χ3v) is 7.10. The Morgan fingerprint density at radius 3 is 2.50 bits per heavy atom. The van der Waals surface area contributed by atoms with E-state index in [9.17, 15) is 9.59 Å². The molecule has 38 heavy (non-hydrogen) atoms. The number of hydrogen-bond acceptors (Lipinski definition) is 4. The van der Waals surface area contributed by atoms with Crippen molar-refractivity contribution in [1.82, 2.24) is 10.2 Å². The summed E-state index contributed by atoms with van der Waals surface area (Å²) in [5, 5.41) is 7.03. The normalized spacial score (nSPS) is 16.5. The Balaban J connectivity index is 1.80. The molecule has 2 N–H and O–H groups in total. The summed E-state index contributed by atoms with van der Waals surface area (Å²) >= 11 is 12.5. The van der Waals surface area contributed by atoms with Crippen molar-refractivity contribution in [3.8, 4) is 5.75 Å². The number of fused-ring (bicyclic) bond motifs is 1. The molecule has 0 aromatic heterocycles. The molecule has 3 aromatic carbocycles. The minimum Gasteiger partial charge on any atom is -0.471 e. The highest BCUT2D eigenvalue weighted by atomic mass is 35.5. The molecule has 3 aromatic rings. The van der Waals surface area contributed by atoms with Crippen molar-refractivity contribution in [2.45, 2.75) is 38.2 Å². The van der Waals surface area contributed by atoms with Gasteiger partial charge >= 0.3 is 0 Å². The van der Waals surface area contributed by atoms with Crippen LogP contribution in [0.2, 0.25) is 10.0 Å². The van der Waals surface area contributed by atoms with E-state index in [0.29, 0.717) is 39.2 Å². The summed E-state index contributed by atoms with van der Waals surface area (Å²) in [5.74, 6) is -0.129. The number of nitrogens with one attached hydrogen (secondary N) is 2. The standard InChI is InChI=1S/C30H33Cl2N3O3/c1-19(2)23-10-6-11-24(28(36)33-14-7-15-35(3)4)27(23)38-30(18-20-8-5-9-21(31)16-20)25-13-12-22(32)17-26(25)34-29(30)37/h5-6,8-13,16-17,19H,7,14-15,18H2,1-4H3,(H,33,36)(H,34,37). The molecule has 1 aliphatic rings. The molecule has 1 heterocycles. The van der Waals surface area contributed by atoms with Crippen LogP contribution < -0.4 is 15.4 Å². The van der Waals surface area contributed by atoms with Crippen LogP contribution in [0.4, 0.5) is 5.69 Å². The van der Waals surface area contributed by atoms with Gasteiger partial charge in [-0.2, -0.15) is 0 Å². The average Bonchev–Trinajstić information content (AvgIpc) is 3.11. The first-order valence-corrected chi connectivity index (χ1v) is 13.5. The number of halogens is 2. The van der Waals surface area contributed by atoms with Gasteiger partial charge in [0.05, 0.1) is 11.3 Å². The smallest absolute Gasteiger partial charge is 0.273 e. The van der Waals surface area contributed by atoms with E-state index < -0.39 is 5.60 Å². The van der Waals surface area contributed by atoms with Crippen LogP contribution in [-0.4, -0.2) is 43.9 Å². The lowest BCUT2D eigenvalue weighted by atomic mass is 9.87. The van der Waals surface area contributed by atoms with Crippen LogP contribution >= 0.6 is 23.2 Å². The largest absolute Gasteiger partial charge is 0.471 e. The highest BCUT2D eigenvalue weighted by Crippen LogP contribution is 2.45. The average molecular weight is 555 g/mol. The molecule has 0 spiro atoms. The van der Waals surface area contributed by atoms with E-state index >= 15 is 0 Å². The number of carbonyl (C=O) groups excluding carboxylic acids is 2. The molecule has 1 atom stereocenters. The van der Waals surface area contributed by atoms with E-state index in [0.717, 1.165) is 24.1 Å². The Morgan fingerprint density at radius 1 is 1.05 bits per heavy atom. The number of hydrogen-bond donors (Lipinski definition) is 2. The lowest BCUT2D eigenvalue weighted by molar-refractivity contribution is -0.131. The van der Waals surface area contributed by atoms with E-state index in [1.54, 1.807) is 30.3 Å². The number of amides is 2. The van der Waals surface area contributed by atoms with Crippen LogP contribution in [0, 0.1) is 0 Å². The van der Waals surface area contributed by atoms with Gasteiger partial charge in [-0.15, -0.1) is 0 Å². The first-order valence-electron chi connectivity index (χ1n) is 12.7. The van der Waals surface area contributed by atoms with Gasteiger partial charge in [0.15, 0.2) is 0 Å². The number of nitrogens with zero attached hydrogens (tertiary/aromatic N) is 1. The van der Waals surface area contributed by atoms with Crippen LogP contribution in [0.25, 0.3) is 0 Å². The predicted octanol–water partition coefficient (Wildman–Crippen LogP) is 6.27. The lowest BCUT2D eigenvalue weighted by Crippen LogP contribution is -2.43. The Hall–Kier alpha value is -3.06. The zero-order chi connectivity index (χ0) is 27.4. The number of benzene rings is 3. The molecule has 6 nitrogen and oxygen atoms in total. The van der Waals surface area contributed by atoms with Gasteiger partial charge in [0, 0.05) is 28.6 Å². The predicted molar refractivity (Wildman–Crippen MR) is 154 cm³/mol. The maximum Gasteiger partial charge on any atom is 0.273 e. The fourth-order valence-electron chi connectivity index (χ4n) is 4.73. The molecule has 0 radical (unpaired) electrons. The Bertz CT molecular complexity index is 1340. The molecular formula is C30H33Cl2N3O3. The van der Waals surface area contributed by atoms with Gasteiger partial charge in [0.1, 0.15) is 5.75 Å². The molecule has 1 aliphatic heterocycles. The van der Waals surface area contributed by atoms with Gasteiger partial charge in [0.2, 0.25) is 5.60 Å². The topological polar surface area (TPSA) is 70.7 Å². The van der Waals surface area contributed by atoms with Crippen molar-refractivity contribution in [2.24, 2.45) is 0 Å². The molecule has 0 saturated carbocycles. The molecule has 2 amide bonds. The van der Waals surface area contributed by atoms with Crippen LogP contribution in [0.1, 0.15) is 53.2 Å². The molecule has 200 valence electrons. The third-order valence-electron chi connectivity index (χ3n) is 6.63. The highest BCUT2D eigenvalue weighted by molar-refractivity contribution is 6.31. The van der Waals surface area contributed by atoms with Crippen LogP contribution in [0.15, 0.2) is 60.7 Å². The van der Waals surface area contributed by atoms with Gasteiger partial charge < -0.3 is 20.3 Å². The SMILES string of the molecule is CC(C)c1cccc(C(=O)NCCCN(C)C)c1OC1(Cc2cccc(Cl)c2)C(=O)Nc2cc(Cl)ccc21. The minimum absolute atomic E-state index is 0.0452. The van der Waals surface area contributed by atoms with Gasteiger partial charge in [0.25, 0.3) is 11.8 Å². The summed E-state index contributed by atoms with van der Waals surface area (Å²) in [6.07, 6.45) is 1.03. The first kappa shape index (κ1) is 28.0. The summed E-state index contributed by atoms with van der Waals surface area (Å²) in [7, 11) is 3.99. The van der Waals surface area contributed by atoms with Crippen molar-refractivity contribution in [2.75, 3.05) is 32.5 Å². The second kappa shape index (κ2) is 11.8.